The summed E-state index contributed by atoms with van der Waals surface area (Å²) in [7, 11) is 1.59. The lowest BCUT2D eigenvalue weighted by Crippen LogP contribution is -1.85. The average molecular weight is 265 g/mol. The molecule has 0 atom stereocenters. The van der Waals surface area contributed by atoms with Gasteiger partial charge in [-0.15, -0.1) is 0 Å². The quantitative estimate of drug-likeness (QED) is 0.777. The molecule has 0 spiro atoms. The van der Waals surface area contributed by atoms with Crippen LogP contribution in [0.5, 0.6) is 11.5 Å². The lowest BCUT2D eigenvalue weighted by Gasteiger charge is -2.03. The molecule has 1 N–H and O–H groups in total. The number of benzene rings is 2. The summed E-state index contributed by atoms with van der Waals surface area (Å²) in [4.78, 5) is 0. The zero-order valence-electron chi connectivity index (χ0n) is 11.2. The Morgan fingerprint density at radius 1 is 1.10 bits per heavy atom. The molecule has 100 valence electrons. The molecule has 0 aliphatic rings. The van der Waals surface area contributed by atoms with E-state index in [0.29, 0.717) is 5.75 Å². The molecule has 2 aromatic carbocycles. The molecule has 0 saturated heterocycles. The van der Waals surface area contributed by atoms with Crippen molar-refractivity contribution in [2.24, 2.45) is 0 Å². The maximum Gasteiger partial charge on any atom is 0.123 e. The Balaban J connectivity index is 1.96. The van der Waals surface area contributed by atoms with Crippen LogP contribution in [0.1, 0.15) is 5.56 Å². The number of aromatic hydroxyl groups is 1. The van der Waals surface area contributed by atoms with Crippen LogP contribution in [0.2, 0.25) is 0 Å². The van der Waals surface area contributed by atoms with Crippen LogP contribution in [0.15, 0.2) is 54.7 Å². The van der Waals surface area contributed by atoms with Crippen molar-refractivity contribution in [3.8, 4) is 11.5 Å². The maximum absolute atomic E-state index is 9.63. The Hall–Kier alpha value is -2.68. The molecule has 0 aliphatic carbocycles. The van der Waals surface area contributed by atoms with Crippen LogP contribution in [0.4, 0.5) is 0 Å². The molecule has 0 aliphatic heterocycles. The average Bonchev–Trinajstić information content (AvgIpc) is 2.88. The second-order valence-corrected chi connectivity index (χ2v) is 4.56. The number of nitrogens with zero attached hydrogens (tertiary/aromatic N) is 1. The normalized spacial score (nSPS) is 11.2. The molecule has 3 rings (SSSR count). The summed E-state index contributed by atoms with van der Waals surface area (Å²) in [5.74, 6) is 0.836. The number of rotatable bonds is 3. The van der Waals surface area contributed by atoms with Gasteiger partial charge in [0.15, 0.2) is 0 Å². The lowest BCUT2D eigenvalue weighted by atomic mass is 10.2. The first-order chi connectivity index (χ1) is 9.76. The number of fused-ring (bicyclic) bond motifs is 1. The summed E-state index contributed by atoms with van der Waals surface area (Å²) in [5, 5.41) is 10.8. The van der Waals surface area contributed by atoms with Gasteiger partial charge in [-0.25, -0.2) is 0 Å². The third kappa shape index (κ3) is 2.38. The molecular weight excluding hydrogens is 250 g/mol. The number of ether oxygens (including phenoxy) is 1. The van der Waals surface area contributed by atoms with Gasteiger partial charge in [-0.3, -0.25) is 0 Å². The minimum atomic E-state index is 0.196. The van der Waals surface area contributed by atoms with E-state index in [1.165, 1.54) is 5.39 Å². The van der Waals surface area contributed by atoms with Gasteiger partial charge in [0.2, 0.25) is 0 Å². The van der Waals surface area contributed by atoms with Crippen molar-refractivity contribution in [2.75, 3.05) is 7.11 Å². The van der Waals surface area contributed by atoms with E-state index in [-0.39, 0.29) is 5.75 Å². The van der Waals surface area contributed by atoms with E-state index >= 15 is 0 Å². The molecule has 0 saturated carbocycles. The van der Waals surface area contributed by atoms with Gasteiger partial charge >= 0.3 is 0 Å². The summed E-state index contributed by atoms with van der Waals surface area (Å²) >= 11 is 0. The van der Waals surface area contributed by atoms with E-state index in [9.17, 15) is 5.11 Å². The monoisotopic (exact) mass is 265 g/mol. The van der Waals surface area contributed by atoms with Gasteiger partial charge in [-0.1, -0.05) is 18.2 Å². The Labute approximate surface area is 117 Å². The van der Waals surface area contributed by atoms with Crippen molar-refractivity contribution < 1.29 is 9.84 Å². The highest BCUT2D eigenvalue weighted by Crippen LogP contribution is 2.23. The van der Waals surface area contributed by atoms with Gasteiger partial charge < -0.3 is 14.4 Å². The van der Waals surface area contributed by atoms with Gasteiger partial charge in [-0.2, -0.15) is 0 Å². The van der Waals surface area contributed by atoms with Gasteiger partial charge in [0.25, 0.3) is 0 Å². The molecule has 0 radical (unpaired) electrons. The van der Waals surface area contributed by atoms with Crippen LogP contribution in [-0.4, -0.2) is 16.8 Å². The SMILES string of the molecule is COc1cc(O)cc(/C=C/n2ccc3ccccc32)c1. The molecule has 3 nitrogen and oxygen atoms in total. The second-order valence-electron chi connectivity index (χ2n) is 4.56. The Morgan fingerprint density at radius 3 is 2.80 bits per heavy atom. The second kappa shape index (κ2) is 5.13. The molecule has 3 aromatic rings. The largest absolute Gasteiger partial charge is 0.508 e. The molecule has 0 unspecified atom stereocenters. The van der Waals surface area contributed by atoms with Crippen molar-refractivity contribution in [1.82, 2.24) is 4.57 Å². The van der Waals surface area contributed by atoms with Gasteiger partial charge in [-0.05, 0) is 41.3 Å². The fraction of sp³-hybridized carbons (Fsp3) is 0.0588. The molecule has 3 heteroatoms. The Bertz CT molecular complexity index is 772. The van der Waals surface area contributed by atoms with Crippen LogP contribution in [0, 0.1) is 0 Å². The molecule has 0 fully saturated rings. The Morgan fingerprint density at radius 2 is 1.95 bits per heavy atom. The first kappa shape index (κ1) is 12.4. The summed E-state index contributed by atoms with van der Waals surface area (Å²) in [6.45, 7) is 0. The highest BCUT2D eigenvalue weighted by atomic mass is 16.5. The number of para-hydroxylation sites is 1. The number of aromatic nitrogens is 1. The highest BCUT2D eigenvalue weighted by molar-refractivity contribution is 5.83. The molecular formula is C17H15NO2. The molecule has 0 amide bonds. The first-order valence-electron chi connectivity index (χ1n) is 6.38. The predicted octanol–water partition coefficient (Wildman–Crippen LogP) is 3.98. The van der Waals surface area contributed by atoms with E-state index in [0.717, 1.165) is 11.1 Å². The van der Waals surface area contributed by atoms with Crippen LogP contribution < -0.4 is 4.74 Å². The van der Waals surface area contributed by atoms with E-state index in [4.69, 9.17) is 4.74 Å². The summed E-state index contributed by atoms with van der Waals surface area (Å²) < 4.78 is 7.19. The third-order valence-electron chi connectivity index (χ3n) is 3.21. The van der Waals surface area contributed by atoms with E-state index < -0.39 is 0 Å². The standard InChI is InChI=1S/C17H15NO2/c1-20-16-11-13(10-15(19)12-16)6-8-18-9-7-14-4-2-3-5-17(14)18/h2-12,19H,1H3/b8-6+. The Kier molecular flexibility index (Phi) is 3.17. The number of hydrogen-bond donors (Lipinski definition) is 1. The summed E-state index contributed by atoms with van der Waals surface area (Å²) in [6.07, 6.45) is 5.92. The molecule has 1 heterocycles. The minimum absolute atomic E-state index is 0.196. The van der Waals surface area contributed by atoms with Crippen LogP contribution in [0.25, 0.3) is 23.2 Å². The van der Waals surface area contributed by atoms with E-state index in [1.807, 2.05) is 41.2 Å². The van der Waals surface area contributed by atoms with Gasteiger partial charge in [0.05, 0.1) is 12.6 Å². The molecule has 0 bridgehead atoms. The lowest BCUT2D eigenvalue weighted by molar-refractivity contribution is 0.407. The highest BCUT2D eigenvalue weighted by Gasteiger charge is 1.99. The topological polar surface area (TPSA) is 34.4 Å². The van der Waals surface area contributed by atoms with Gasteiger partial charge in [0.1, 0.15) is 11.5 Å². The van der Waals surface area contributed by atoms with Crippen LogP contribution in [-0.2, 0) is 0 Å². The van der Waals surface area contributed by atoms with E-state index in [2.05, 4.69) is 18.2 Å². The zero-order valence-corrected chi connectivity index (χ0v) is 11.2. The minimum Gasteiger partial charge on any atom is -0.508 e. The van der Waals surface area contributed by atoms with Crippen LogP contribution >= 0.6 is 0 Å². The predicted molar refractivity (Wildman–Crippen MR) is 81.8 cm³/mol. The number of phenolic OH excluding ortho intramolecular Hbond substituents is 1. The summed E-state index contributed by atoms with van der Waals surface area (Å²) in [5.41, 5.74) is 2.04. The van der Waals surface area contributed by atoms with Crippen molar-refractivity contribution >= 4 is 23.2 Å². The zero-order chi connectivity index (χ0) is 13.9. The molecule has 20 heavy (non-hydrogen) atoms. The fourth-order valence-electron chi connectivity index (χ4n) is 2.22. The number of methoxy groups -OCH3 is 1. The van der Waals surface area contributed by atoms with Crippen molar-refractivity contribution in [2.45, 2.75) is 0 Å². The number of phenols is 1. The fourth-order valence-corrected chi connectivity index (χ4v) is 2.22. The third-order valence-corrected chi connectivity index (χ3v) is 3.21. The van der Waals surface area contributed by atoms with E-state index in [1.54, 1.807) is 19.2 Å². The van der Waals surface area contributed by atoms with Crippen molar-refractivity contribution in [1.29, 1.82) is 0 Å². The molecule has 1 aromatic heterocycles. The van der Waals surface area contributed by atoms with Crippen molar-refractivity contribution in [3.05, 3.63) is 60.3 Å². The summed E-state index contributed by atoms with van der Waals surface area (Å²) in [6, 6.07) is 15.4. The maximum atomic E-state index is 9.63. The van der Waals surface area contributed by atoms with Crippen molar-refractivity contribution in [3.63, 3.8) is 0 Å². The smallest absolute Gasteiger partial charge is 0.123 e. The van der Waals surface area contributed by atoms with Gasteiger partial charge in [0, 0.05) is 18.5 Å². The number of hydrogen-bond acceptors (Lipinski definition) is 2. The first-order valence-corrected chi connectivity index (χ1v) is 6.38. The van der Waals surface area contributed by atoms with Crippen LogP contribution in [0.3, 0.4) is 0 Å².